The molecule has 0 atom stereocenters. The Balaban J connectivity index is 1.58. The van der Waals surface area contributed by atoms with E-state index in [4.69, 9.17) is 9.15 Å². The number of carbonyl (C=O) groups excluding carboxylic acids is 2. The van der Waals surface area contributed by atoms with Crippen LogP contribution in [0, 0.1) is 13.8 Å². The predicted molar refractivity (Wildman–Crippen MR) is 110 cm³/mol. The smallest absolute Gasteiger partial charge is 0.338 e. The lowest BCUT2D eigenvalue weighted by Crippen LogP contribution is -2.11. The van der Waals surface area contributed by atoms with Gasteiger partial charge in [0.05, 0.1) is 17.9 Å². The van der Waals surface area contributed by atoms with Gasteiger partial charge in [0.15, 0.2) is 10.9 Å². The van der Waals surface area contributed by atoms with Crippen molar-refractivity contribution in [1.29, 1.82) is 0 Å². The molecule has 1 amide bonds. The molecule has 0 aliphatic heterocycles. The monoisotopic (exact) mass is 411 g/mol. The molecule has 0 saturated carbocycles. The molecule has 1 aromatic carbocycles. The Morgan fingerprint density at radius 3 is 2.41 bits per heavy atom. The number of ether oxygens (including phenoxy) is 1. The third-order valence-electron chi connectivity index (χ3n) is 3.84. The van der Waals surface area contributed by atoms with Gasteiger partial charge in [0.2, 0.25) is 0 Å². The number of anilines is 1. The van der Waals surface area contributed by atoms with E-state index in [0.717, 1.165) is 11.4 Å². The molecule has 0 saturated heterocycles. The standard InChI is InChI=1S/C21H21N3O4S/c1-4-27-20(26)15-5-7-16(8-6-15)24-19(25)18-10-9-17(28-18)12-29-21-22-13(2)11-14(3)23-21/h5-11H,4,12H2,1-3H3,(H,24,25). The van der Waals surface area contributed by atoms with Crippen molar-refractivity contribution in [2.75, 3.05) is 11.9 Å². The Hall–Kier alpha value is -3.13. The molecule has 0 aliphatic carbocycles. The molecular weight excluding hydrogens is 390 g/mol. The zero-order valence-corrected chi connectivity index (χ0v) is 17.2. The summed E-state index contributed by atoms with van der Waals surface area (Å²) in [6, 6.07) is 11.8. The number of amides is 1. The third kappa shape index (κ3) is 5.68. The van der Waals surface area contributed by atoms with E-state index >= 15 is 0 Å². The van der Waals surface area contributed by atoms with Gasteiger partial charge >= 0.3 is 5.97 Å². The van der Waals surface area contributed by atoms with Gasteiger partial charge < -0.3 is 14.5 Å². The molecule has 0 spiro atoms. The van der Waals surface area contributed by atoms with E-state index in [0.29, 0.717) is 34.5 Å². The van der Waals surface area contributed by atoms with Crippen molar-refractivity contribution in [1.82, 2.24) is 9.97 Å². The van der Waals surface area contributed by atoms with E-state index in [1.807, 2.05) is 19.9 Å². The van der Waals surface area contributed by atoms with Crippen LogP contribution in [0.25, 0.3) is 0 Å². The summed E-state index contributed by atoms with van der Waals surface area (Å²) < 4.78 is 10.6. The van der Waals surface area contributed by atoms with Crippen molar-refractivity contribution in [2.24, 2.45) is 0 Å². The molecule has 3 rings (SSSR count). The maximum absolute atomic E-state index is 12.4. The number of aromatic nitrogens is 2. The molecule has 1 N–H and O–H groups in total. The van der Waals surface area contributed by atoms with Crippen LogP contribution in [-0.4, -0.2) is 28.5 Å². The quantitative estimate of drug-likeness (QED) is 0.350. The van der Waals surface area contributed by atoms with Crippen molar-refractivity contribution in [2.45, 2.75) is 31.7 Å². The van der Waals surface area contributed by atoms with Gasteiger partial charge in [-0.25, -0.2) is 14.8 Å². The van der Waals surface area contributed by atoms with E-state index in [1.54, 1.807) is 43.3 Å². The largest absolute Gasteiger partial charge is 0.462 e. The number of hydrogen-bond acceptors (Lipinski definition) is 7. The highest BCUT2D eigenvalue weighted by molar-refractivity contribution is 7.98. The lowest BCUT2D eigenvalue weighted by Gasteiger charge is -2.05. The fraction of sp³-hybridized carbons (Fsp3) is 0.238. The summed E-state index contributed by atoms with van der Waals surface area (Å²) in [4.78, 5) is 32.8. The first-order valence-corrected chi connectivity index (χ1v) is 10.1. The summed E-state index contributed by atoms with van der Waals surface area (Å²) in [6.45, 7) is 5.91. The minimum Gasteiger partial charge on any atom is -0.462 e. The van der Waals surface area contributed by atoms with Gasteiger partial charge in [-0.1, -0.05) is 11.8 Å². The van der Waals surface area contributed by atoms with Crippen LogP contribution in [0.1, 0.15) is 45.0 Å². The van der Waals surface area contributed by atoms with Crippen LogP contribution in [0.15, 0.2) is 52.0 Å². The number of rotatable bonds is 7. The van der Waals surface area contributed by atoms with Crippen molar-refractivity contribution in [3.8, 4) is 0 Å². The van der Waals surface area contributed by atoms with E-state index in [9.17, 15) is 9.59 Å². The van der Waals surface area contributed by atoms with Crippen LogP contribution < -0.4 is 5.32 Å². The van der Waals surface area contributed by atoms with Crippen molar-refractivity contribution < 1.29 is 18.7 Å². The SMILES string of the molecule is CCOC(=O)c1ccc(NC(=O)c2ccc(CSc3nc(C)cc(C)n3)o2)cc1. The van der Waals surface area contributed by atoms with E-state index in [2.05, 4.69) is 15.3 Å². The molecule has 0 fully saturated rings. The number of thioether (sulfide) groups is 1. The lowest BCUT2D eigenvalue weighted by atomic mass is 10.2. The molecule has 8 heteroatoms. The summed E-state index contributed by atoms with van der Waals surface area (Å²) in [7, 11) is 0. The van der Waals surface area contributed by atoms with Gasteiger partial charge in [-0.3, -0.25) is 4.79 Å². The van der Waals surface area contributed by atoms with Crippen LogP contribution in [0.3, 0.4) is 0 Å². The molecule has 3 aromatic rings. The highest BCUT2D eigenvalue weighted by atomic mass is 32.2. The highest BCUT2D eigenvalue weighted by Crippen LogP contribution is 2.22. The fourth-order valence-electron chi connectivity index (χ4n) is 2.57. The number of aryl methyl sites for hydroxylation is 2. The number of nitrogens with zero attached hydrogens (tertiary/aromatic N) is 2. The minimum absolute atomic E-state index is 0.205. The van der Waals surface area contributed by atoms with Gasteiger partial charge in [-0.05, 0) is 63.2 Å². The van der Waals surface area contributed by atoms with Gasteiger partial charge in [-0.15, -0.1) is 0 Å². The number of carbonyl (C=O) groups is 2. The normalized spacial score (nSPS) is 10.6. The molecule has 2 heterocycles. The average molecular weight is 411 g/mol. The lowest BCUT2D eigenvalue weighted by molar-refractivity contribution is 0.0526. The molecule has 0 bridgehead atoms. The first kappa shape index (κ1) is 20.6. The van der Waals surface area contributed by atoms with Gasteiger partial charge in [0, 0.05) is 17.1 Å². The Morgan fingerprint density at radius 1 is 1.07 bits per heavy atom. The van der Waals surface area contributed by atoms with Crippen molar-refractivity contribution >= 4 is 29.3 Å². The molecular formula is C21H21N3O4S. The predicted octanol–water partition coefficient (Wildman–Crippen LogP) is 4.41. The number of esters is 1. The van der Waals surface area contributed by atoms with Crippen LogP contribution in [0.5, 0.6) is 0 Å². The average Bonchev–Trinajstić information content (AvgIpc) is 3.16. The summed E-state index contributed by atoms with van der Waals surface area (Å²) in [5.41, 5.74) is 2.80. The topological polar surface area (TPSA) is 94.3 Å². The highest BCUT2D eigenvalue weighted by Gasteiger charge is 2.13. The van der Waals surface area contributed by atoms with E-state index in [1.165, 1.54) is 11.8 Å². The maximum Gasteiger partial charge on any atom is 0.338 e. The van der Waals surface area contributed by atoms with Gasteiger partial charge in [0.1, 0.15) is 5.76 Å². The zero-order valence-electron chi connectivity index (χ0n) is 16.4. The molecule has 7 nitrogen and oxygen atoms in total. The number of benzene rings is 1. The van der Waals surface area contributed by atoms with Crippen molar-refractivity contribution in [3.63, 3.8) is 0 Å². The number of hydrogen-bond donors (Lipinski definition) is 1. The second-order valence-electron chi connectivity index (χ2n) is 6.24. The molecule has 0 radical (unpaired) electrons. The summed E-state index contributed by atoms with van der Waals surface area (Å²) in [6.07, 6.45) is 0. The number of nitrogens with one attached hydrogen (secondary N) is 1. The Morgan fingerprint density at radius 2 is 1.76 bits per heavy atom. The third-order valence-corrected chi connectivity index (χ3v) is 4.71. The molecule has 29 heavy (non-hydrogen) atoms. The Labute approximate surface area is 172 Å². The maximum atomic E-state index is 12.4. The zero-order chi connectivity index (χ0) is 20.8. The van der Waals surface area contributed by atoms with E-state index < -0.39 is 5.97 Å². The van der Waals surface area contributed by atoms with Gasteiger partial charge in [-0.2, -0.15) is 0 Å². The van der Waals surface area contributed by atoms with Crippen LogP contribution in [0.2, 0.25) is 0 Å². The second kappa shape index (κ2) is 9.38. The molecule has 150 valence electrons. The van der Waals surface area contributed by atoms with Gasteiger partial charge in [0.25, 0.3) is 5.91 Å². The molecule has 0 aliphatic rings. The first-order chi connectivity index (χ1) is 13.9. The van der Waals surface area contributed by atoms with Crippen molar-refractivity contribution in [3.05, 3.63) is 70.9 Å². The molecule has 0 unspecified atom stereocenters. The van der Waals surface area contributed by atoms with Crippen LogP contribution in [-0.2, 0) is 10.5 Å². The summed E-state index contributed by atoms with van der Waals surface area (Å²) >= 11 is 1.45. The second-order valence-corrected chi connectivity index (χ2v) is 7.18. The molecule has 2 aromatic heterocycles. The first-order valence-electron chi connectivity index (χ1n) is 9.07. The minimum atomic E-state index is -0.397. The fourth-order valence-corrected chi connectivity index (χ4v) is 3.41. The Bertz CT molecular complexity index is 995. The summed E-state index contributed by atoms with van der Waals surface area (Å²) in [5.74, 6) is 0.612. The van der Waals surface area contributed by atoms with Crippen LogP contribution >= 0.6 is 11.8 Å². The Kier molecular flexibility index (Phi) is 6.66. The number of furan rings is 1. The van der Waals surface area contributed by atoms with Crippen LogP contribution in [0.4, 0.5) is 5.69 Å². The summed E-state index contributed by atoms with van der Waals surface area (Å²) in [5, 5.41) is 3.41. The van der Waals surface area contributed by atoms with E-state index in [-0.39, 0.29) is 11.7 Å².